The van der Waals surface area contributed by atoms with Crippen LogP contribution in [0.25, 0.3) is 11.0 Å². The van der Waals surface area contributed by atoms with Crippen LogP contribution in [-0.2, 0) is 24.3 Å². The molecule has 2 aromatic carbocycles. The third kappa shape index (κ3) is 6.05. The van der Waals surface area contributed by atoms with Crippen molar-refractivity contribution in [2.75, 3.05) is 6.54 Å². The van der Waals surface area contributed by atoms with E-state index in [9.17, 15) is 9.59 Å². The van der Waals surface area contributed by atoms with E-state index in [-0.39, 0.29) is 24.4 Å². The number of aromatic nitrogens is 3. The Bertz CT molecular complexity index is 1330. The number of hydrogen-bond acceptors (Lipinski definition) is 4. The molecule has 1 aliphatic rings. The zero-order valence-corrected chi connectivity index (χ0v) is 21.1. The van der Waals surface area contributed by atoms with E-state index in [0.717, 1.165) is 35.3 Å². The highest BCUT2D eigenvalue weighted by Gasteiger charge is 2.27. The standard InChI is InChI=1S/C30H33N5O2/c36-29(34(25-13-5-2-6-14-25)21-23-10-3-1-4-11-23)22-35-27-16-8-7-15-26(27)33-28(35)17-19-32-30(37)24-12-9-18-31-20-24/h1,3-4,7-12,15-16,18,20,25H,2,5-6,13-14,17,19,21-22H2,(H,32,37). The van der Waals surface area contributed by atoms with E-state index in [1.807, 2.05) is 47.0 Å². The monoisotopic (exact) mass is 495 g/mol. The molecule has 1 saturated carbocycles. The molecule has 0 radical (unpaired) electrons. The quantitative estimate of drug-likeness (QED) is 0.363. The van der Waals surface area contributed by atoms with Crippen LogP contribution in [0.4, 0.5) is 0 Å². The number of hydrogen-bond donors (Lipinski definition) is 1. The van der Waals surface area contributed by atoms with Crippen LogP contribution in [0.5, 0.6) is 0 Å². The number of para-hydroxylation sites is 2. The molecule has 0 spiro atoms. The number of carbonyl (C=O) groups is 2. The minimum absolute atomic E-state index is 0.111. The van der Waals surface area contributed by atoms with Gasteiger partial charge < -0.3 is 14.8 Å². The smallest absolute Gasteiger partial charge is 0.252 e. The molecule has 4 aromatic rings. The fourth-order valence-electron chi connectivity index (χ4n) is 5.20. The molecule has 0 aliphatic heterocycles. The Morgan fingerprint density at radius 2 is 1.73 bits per heavy atom. The average Bonchev–Trinajstić information content (AvgIpc) is 3.30. The fraction of sp³-hybridized carbons (Fsp3) is 0.333. The van der Waals surface area contributed by atoms with Crippen LogP contribution in [0.1, 0.15) is 53.8 Å². The molecule has 7 nitrogen and oxygen atoms in total. The van der Waals surface area contributed by atoms with Gasteiger partial charge in [-0.05, 0) is 42.7 Å². The number of nitrogens with one attached hydrogen (secondary N) is 1. The molecule has 1 N–H and O–H groups in total. The molecule has 7 heteroatoms. The predicted octanol–water partition coefficient (Wildman–Crippen LogP) is 4.77. The highest BCUT2D eigenvalue weighted by molar-refractivity contribution is 5.93. The van der Waals surface area contributed by atoms with E-state index in [2.05, 4.69) is 27.3 Å². The maximum absolute atomic E-state index is 13.9. The number of carbonyl (C=O) groups excluding carboxylic acids is 2. The number of nitrogens with zero attached hydrogens (tertiary/aromatic N) is 4. The molecule has 2 amide bonds. The van der Waals surface area contributed by atoms with Gasteiger partial charge in [-0.3, -0.25) is 14.6 Å². The third-order valence-corrected chi connectivity index (χ3v) is 7.12. The van der Waals surface area contributed by atoms with Crippen molar-refractivity contribution in [3.8, 4) is 0 Å². The van der Waals surface area contributed by atoms with Crippen molar-refractivity contribution < 1.29 is 9.59 Å². The van der Waals surface area contributed by atoms with E-state index in [1.54, 1.807) is 24.5 Å². The first-order valence-corrected chi connectivity index (χ1v) is 13.1. The Balaban J connectivity index is 1.35. The third-order valence-electron chi connectivity index (χ3n) is 7.12. The minimum Gasteiger partial charge on any atom is -0.352 e. The van der Waals surface area contributed by atoms with Gasteiger partial charge in [-0.15, -0.1) is 0 Å². The Hall–Kier alpha value is -4.00. The van der Waals surface area contributed by atoms with Gasteiger partial charge in [-0.1, -0.05) is 61.7 Å². The van der Waals surface area contributed by atoms with Gasteiger partial charge in [0.05, 0.1) is 16.6 Å². The van der Waals surface area contributed by atoms with Crippen molar-refractivity contribution in [3.05, 3.63) is 96.1 Å². The molecule has 5 rings (SSSR count). The van der Waals surface area contributed by atoms with Crippen molar-refractivity contribution in [2.45, 2.75) is 57.7 Å². The predicted molar refractivity (Wildman–Crippen MR) is 144 cm³/mol. The van der Waals surface area contributed by atoms with Crippen LogP contribution in [-0.4, -0.2) is 43.8 Å². The zero-order valence-electron chi connectivity index (χ0n) is 21.1. The first-order valence-electron chi connectivity index (χ1n) is 13.1. The molecule has 1 aliphatic carbocycles. The average molecular weight is 496 g/mol. The molecule has 2 aromatic heterocycles. The topological polar surface area (TPSA) is 80.1 Å². The van der Waals surface area contributed by atoms with Crippen LogP contribution >= 0.6 is 0 Å². The Morgan fingerprint density at radius 3 is 2.51 bits per heavy atom. The van der Waals surface area contributed by atoms with Gasteiger partial charge in [0, 0.05) is 37.9 Å². The van der Waals surface area contributed by atoms with Crippen molar-refractivity contribution in [3.63, 3.8) is 0 Å². The van der Waals surface area contributed by atoms with Gasteiger partial charge >= 0.3 is 0 Å². The number of pyridine rings is 1. The summed E-state index contributed by atoms with van der Waals surface area (Å²) in [6, 6.07) is 21.9. The Kier molecular flexibility index (Phi) is 7.89. The summed E-state index contributed by atoms with van der Waals surface area (Å²) in [6.45, 7) is 1.27. The lowest BCUT2D eigenvalue weighted by molar-refractivity contribution is -0.135. The van der Waals surface area contributed by atoms with Gasteiger partial charge in [0.15, 0.2) is 0 Å². The summed E-state index contributed by atoms with van der Waals surface area (Å²) in [6.07, 6.45) is 9.40. The number of imidazole rings is 1. The maximum Gasteiger partial charge on any atom is 0.252 e. The van der Waals surface area contributed by atoms with Crippen LogP contribution in [0.15, 0.2) is 79.1 Å². The molecule has 37 heavy (non-hydrogen) atoms. The lowest BCUT2D eigenvalue weighted by atomic mass is 9.93. The first-order chi connectivity index (χ1) is 18.2. The van der Waals surface area contributed by atoms with Crippen LogP contribution in [0.2, 0.25) is 0 Å². The van der Waals surface area contributed by atoms with Gasteiger partial charge in [0.1, 0.15) is 12.4 Å². The van der Waals surface area contributed by atoms with Crippen molar-refractivity contribution in [1.82, 2.24) is 24.8 Å². The zero-order chi connectivity index (χ0) is 25.5. The van der Waals surface area contributed by atoms with Crippen molar-refractivity contribution >= 4 is 22.8 Å². The van der Waals surface area contributed by atoms with Gasteiger partial charge in [0.25, 0.3) is 5.91 Å². The normalized spacial score (nSPS) is 13.9. The second kappa shape index (κ2) is 11.8. The number of benzene rings is 2. The SMILES string of the molecule is O=C(NCCc1nc2ccccc2n1CC(=O)N(Cc1ccccc1)C1CCCCC1)c1cccnc1. The molecular weight excluding hydrogens is 462 g/mol. The van der Waals surface area contributed by atoms with E-state index >= 15 is 0 Å². The second-order valence-corrected chi connectivity index (χ2v) is 9.65. The van der Waals surface area contributed by atoms with E-state index < -0.39 is 0 Å². The summed E-state index contributed by atoms with van der Waals surface area (Å²) in [7, 11) is 0. The lowest BCUT2D eigenvalue weighted by Gasteiger charge is -2.35. The van der Waals surface area contributed by atoms with Crippen molar-refractivity contribution in [1.29, 1.82) is 0 Å². The summed E-state index contributed by atoms with van der Waals surface area (Å²) < 4.78 is 2.02. The summed E-state index contributed by atoms with van der Waals surface area (Å²) in [4.78, 5) is 37.3. The molecule has 0 unspecified atom stereocenters. The maximum atomic E-state index is 13.9. The van der Waals surface area contributed by atoms with Crippen molar-refractivity contribution in [2.24, 2.45) is 0 Å². The Morgan fingerprint density at radius 1 is 0.946 bits per heavy atom. The molecule has 2 heterocycles. The van der Waals surface area contributed by atoms with Gasteiger partial charge in [-0.25, -0.2) is 4.98 Å². The van der Waals surface area contributed by atoms with E-state index in [1.165, 1.54) is 19.3 Å². The minimum atomic E-state index is -0.168. The van der Waals surface area contributed by atoms with Crippen LogP contribution in [0.3, 0.4) is 0 Å². The highest BCUT2D eigenvalue weighted by Crippen LogP contribution is 2.25. The van der Waals surface area contributed by atoms with E-state index in [0.29, 0.717) is 25.1 Å². The van der Waals surface area contributed by atoms with Crippen LogP contribution < -0.4 is 5.32 Å². The molecule has 0 saturated heterocycles. The first kappa shape index (κ1) is 24.7. The molecule has 190 valence electrons. The summed E-state index contributed by atoms with van der Waals surface area (Å²) in [5.41, 5.74) is 3.47. The van der Waals surface area contributed by atoms with Gasteiger partial charge in [0.2, 0.25) is 5.91 Å². The second-order valence-electron chi connectivity index (χ2n) is 9.65. The molecular formula is C30H33N5O2. The lowest BCUT2D eigenvalue weighted by Crippen LogP contribution is -2.42. The molecule has 0 atom stereocenters. The molecule has 1 fully saturated rings. The number of rotatable bonds is 9. The number of amides is 2. The highest BCUT2D eigenvalue weighted by atomic mass is 16.2. The summed E-state index contributed by atoms with van der Waals surface area (Å²) >= 11 is 0. The molecule has 0 bridgehead atoms. The largest absolute Gasteiger partial charge is 0.352 e. The van der Waals surface area contributed by atoms with E-state index in [4.69, 9.17) is 4.98 Å². The number of fused-ring (bicyclic) bond motifs is 1. The summed E-state index contributed by atoms with van der Waals surface area (Å²) in [5.74, 6) is 0.738. The fourth-order valence-corrected chi connectivity index (χ4v) is 5.20. The van der Waals surface area contributed by atoms with Gasteiger partial charge in [-0.2, -0.15) is 0 Å². The van der Waals surface area contributed by atoms with Crippen LogP contribution in [0, 0.1) is 0 Å². The summed E-state index contributed by atoms with van der Waals surface area (Å²) in [5, 5.41) is 2.95. The Labute approximate surface area is 217 Å².